The van der Waals surface area contributed by atoms with Crippen LogP contribution in [0.5, 0.6) is 0 Å². The van der Waals surface area contributed by atoms with Crippen molar-refractivity contribution < 1.29 is 18.7 Å². The van der Waals surface area contributed by atoms with Crippen LogP contribution in [-0.4, -0.2) is 24.1 Å². The smallest absolute Gasteiger partial charge is 0.331 e. The quantitative estimate of drug-likeness (QED) is 0.484. The number of ketones is 1. The maximum Gasteiger partial charge on any atom is 0.331 e. The highest BCUT2D eigenvalue weighted by Gasteiger charge is 2.20. The minimum Gasteiger partial charge on any atom is -0.462 e. The highest BCUT2D eigenvalue weighted by molar-refractivity contribution is 6.06. The highest BCUT2D eigenvalue weighted by atomic mass is 16.5. The van der Waals surface area contributed by atoms with E-state index in [1.54, 1.807) is 25.1 Å². The molecule has 6 heteroatoms. The van der Waals surface area contributed by atoms with Crippen LogP contribution in [0.25, 0.3) is 6.08 Å². The molecule has 0 aliphatic heterocycles. The molecule has 6 nitrogen and oxygen atoms in total. The van der Waals surface area contributed by atoms with Gasteiger partial charge in [0.1, 0.15) is 17.4 Å². The summed E-state index contributed by atoms with van der Waals surface area (Å²) in [6.07, 6.45) is 2.55. The van der Waals surface area contributed by atoms with Crippen molar-refractivity contribution >= 4 is 23.5 Å². The first-order valence-corrected chi connectivity index (χ1v) is 5.82. The van der Waals surface area contributed by atoms with Crippen LogP contribution in [-0.2, 0) is 14.3 Å². The molecule has 1 aromatic rings. The molecule has 0 aliphatic rings. The molecule has 0 amide bonds. The second kappa shape index (κ2) is 7.04. The molecule has 1 N–H and O–H groups in total. The lowest BCUT2D eigenvalue weighted by molar-refractivity contribution is -0.143. The van der Waals surface area contributed by atoms with Gasteiger partial charge < -0.3 is 14.6 Å². The van der Waals surface area contributed by atoms with E-state index in [9.17, 15) is 9.59 Å². The summed E-state index contributed by atoms with van der Waals surface area (Å²) in [5.74, 6) is -1.29. The fraction of sp³-hybridized carbons (Fsp3) is 0.286. The van der Waals surface area contributed by atoms with E-state index in [1.807, 2.05) is 0 Å². The summed E-state index contributed by atoms with van der Waals surface area (Å²) in [6.45, 7) is 2.59. The highest BCUT2D eigenvalue weighted by Crippen LogP contribution is 2.08. The lowest BCUT2D eigenvalue weighted by Gasteiger charge is -2.05. The minimum absolute atomic E-state index is 0.0739. The maximum absolute atomic E-state index is 11.5. The van der Waals surface area contributed by atoms with Crippen LogP contribution in [0.2, 0.25) is 0 Å². The van der Waals surface area contributed by atoms with E-state index in [0.29, 0.717) is 11.5 Å². The molecule has 0 bridgehead atoms. The van der Waals surface area contributed by atoms with Crippen LogP contribution >= 0.6 is 0 Å². The van der Waals surface area contributed by atoms with Gasteiger partial charge in [-0.05, 0) is 32.1 Å². The summed E-state index contributed by atoms with van der Waals surface area (Å²) >= 11 is 0. The number of carbonyl (C=O) groups excluding carboxylic acids is 2. The summed E-state index contributed by atoms with van der Waals surface area (Å²) < 4.78 is 9.91. The fourth-order valence-corrected chi connectivity index (χ4v) is 1.38. The largest absolute Gasteiger partial charge is 0.462 e. The van der Waals surface area contributed by atoms with Crippen molar-refractivity contribution in [1.29, 1.82) is 10.7 Å². The topological polar surface area (TPSA) is 104 Å². The van der Waals surface area contributed by atoms with Crippen LogP contribution in [0.3, 0.4) is 0 Å². The van der Waals surface area contributed by atoms with Gasteiger partial charge in [0.15, 0.2) is 12.4 Å². The molecule has 0 unspecified atom stereocenters. The standard InChI is InChI=1S/C14H14N2O4/c1-9-3-4-11(20-9)5-6-14(18)19-8-13(17)12(7-15)10(2)16/h3-6,12,16H,8H2,1-2H3/b6-5+,16-10?/t12-/m1/s1. The SMILES string of the molecule is CC(=N)[C@@H](C#N)C(=O)COC(=O)/C=C/c1ccc(C)o1. The van der Waals surface area contributed by atoms with Crippen molar-refractivity contribution in [3.8, 4) is 6.07 Å². The second-order valence-electron chi connectivity index (χ2n) is 4.10. The Balaban J connectivity index is 2.48. The number of esters is 1. The van der Waals surface area contributed by atoms with Gasteiger partial charge in [0.05, 0.1) is 6.07 Å². The van der Waals surface area contributed by atoms with Gasteiger partial charge in [-0.2, -0.15) is 5.26 Å². The maximum atomic E-state index is 11.5. The van der Waals surface area contributed by atoms with Gasteiger partial charge in [0, 0.05) is 11.8 Å². The van der Waals surface area contributed by atoms with E-state index in [1.165, 1.54) is 13.0 Å². The first-order valence-electron chi connectivity index (χ1n) is 5.82. The van der Waals surface area contributed by atoms with E-state index in [4.69, 9.17) is 19.8 Å². The zero-order valence-corrected chi connectivity index (χ0v) is 11.2. The predicted octanol–water partition coefficient (Wildman–Crippen LogP) is 1.89. The van der Waals surface area contributed by atoms with Gasteiger partial charge in [-0.25, -0.2) is 4.79 Å². The first kappa shape index (κ1) is 15.4. The van der Waals surface area contributed by atoms with Gasteiger partial charge in [0.2, 0.25) is 0 Å². The zero-order chi connectivity index (χ0) is 15.1. The summed E-state index contributed by atoms with van der Waals surface area (Å²) in [5, 5.41) is 16.0. The lowest BCUT2D eigenvalue weighted by atomic mass is 10.0. The molecule has 1 rings (SSSR count). The van der Waals surface area contributed by atoms with Gasteiger partial charge in [-0.1, -0.05) is 0 Å². The van der Waals surface area contributed by atoms with Crippen molar-refractivity contribution in [3.63, 3.8) is 0 Å². The van der Waals surface area contributed by atoms with Gasteiger partial charge in [-0.15, -0.1) is 0 Å². The van der Waals surface area contributed by atoms with Crippen molar-refractivity contribution in [2.75, 3.05) is 6.61 Å². The monoisotopic (exact) mass is 274 g/mol. The van der Waals surface area contributed by atoms with Crippen LogP contribution in [0.15, 0.2) is 22.6 Å². The molecule has 0 saturated heterocycles. The molecule has 0 aliphatic carbocycles. The Morgan fingerprint density at radius 2 is 2.25 bits per heavy atom. The number of aryl methyl sites for hydroxylation is 1. The Labute approximate surface area is 116 Å². The summed E-state index contributed by atoms with van der Waals surface area (Å²) in [7, 11) is 0. The van der Waals surface area contributed by atoms with Gasteiger partial charge in [0.25, 0.3) is 0 Å². The number of nitriles is 1. The summed E-state index contributed by atoms with van der Waals surface area (Å²) in [4.78, 5) is 22.9. The number of hydrogen-bond acceptors (Lipinski definition) is 6. The Morgan fingerprint density at radius 3 is 2.75 bits per heavy atom. The van der Waals surface area contributed by atoms with Crippen LogP contribution in [0, 0.1) is 29.6 Å². The van der Waals surface area contributed by atoms with Crippen molar-refractivity contribution in [1.82, 2.24) is 0 Å². The zero-order valence-electron chi connectivity index (χ0n) is 11.2. The Hall–Kier alpha value is -2.68. The molecule has 0 radical (unpaired) electrons. The third kappa shape index (κ3) is 4.53. The normalized spacial score (nSPS) is 11.8. The minimum atomic E-state index is -1.17. The molecule has 20 heavy (non-hydrogen) atoms. The van der Waals surface area contributed by atoms with Crippen LogP contribution in [0.4, 0.5) is 0 Å². The Kier molecular flexibility index (Phi) is 5.42. The summed E-state index contributed by atoms with van der Waals surface area (Å²) in [6, 6.07) is 5.13. The van der Waals surface area contributed by atoms with E-state index < -0.39 is 24.3 Å². The number of furan rings is 1. The van der Waals surface area contributed by atoms with E-state index in [-0.39, 0.29) is 5.71 Å². The van der Waals surface area contributed by atoms with Gasteiger partial charge in [-0.3, -0.25) is 4.79 Å². The molecular formula is C14H14N2O4. The number of Topliss-reactive ketones (excluding diaryl/α,β-unsaturated/α-hetero) is 1. The van der Waals surface area contributed by atoms with E-state index in [0.717, 1.165) is 6.08 Å². The van der Waals surface area contributed by atoms with Crippen LogP contribution < -0.4 is 0 Å². The molecule has 0 spiro atoms. The molecule has 1 aromatic heterocycles. The lowest BCUT2D eigenvalue weighted by Crippen LogP contribution is -2.25. The Morgan fingerprint density at radius 1 is 1.55 bits per heavy atom. The number of carbonyl (C=O) groups is 2. The summed E-state index contributed by atoms with van der Waals surface area (Å²) in [5.41, 5.74) is -0.0739. The molecule has 0 aromatic carbocycles. The third-order valence-electron chi connectivity index (χ3n) is 2.39. The van der Waals surface area contributed by atoms with Crippen LogP contribution in [0.1, 0.15) is 18.4 Å². The van der Waals surface area contributed by atoms with Crippen molar-refractivity contribution in [2.45, 2.75) is 13.8 Å². The number of hydrogen-bond donors (Lipinski definition) is 1. The van der Waals surface area contributed by atoms with E-state index >= 15 is 0 Å². The van der Waals surface area contributed by atoms with Gasteiger partial charge >= 0.3 is 5.97 Å². The van der Waals surface area contributed by atoms with Crippen molar-refractivity contribution in [3.05, 3.63) is 29.7 Å². The molecule has 104 valence electrons. The first-order chi connectivity index (χ1) is 9.43. The number of ether oxygens (including phenoxy) is 1. The van der Waals surface area contributed by atoms with Crippen molar-refractivity contribution in [2.24, 2.45) is 5.92 Å². The fourth-order valence-electron chi connectivity index (χ4n) is 1.38. The molecule has 1 atom stereocenters. The average Bonchev–Trinajstić information content (AvgIpc) is 2.80. The molecule has 0 saturated carbocycles. The van der Waals surface area contributed by atoms with E-state index in [2.05, 4.69) is 0 Å². The Bertz CT molecular complexity index is 593. The molecule has 1 heterocycles. The second-order valence-corrected chi connectivity index (χ2v) is 4.10. The number of rotatable bonds is 6. The molecule has 0 fully saturated rings. The predicted molar refractivity (Wildman–Crippen MR) is 70.9 cm³/mol. The average molecular weight is 274 g/mol. The number of nitrogens with zero attached hydrogens (tertiary/aromatic N) is 1. The third-order valence-corrected chi connectivity index (χ3v) is 2.39. The number of nitrogens with one attached hydrogen (secondary N) is 1. The molecular weight excluding hydrogens is 260 g/mol.